The van der Waals surface area contributed by atoms with Gasteiger partial charge in [-0.1, -0.05) is 0 Å². The van der Waals surface area contributed by atoms with Crippen molar-refractivity contribution in [3.05, 3.63) is 29.5 Å². The second-order valence-electron chi connectivity index (χ2n) is 5.36. The monoisotopic (exact) mass is 258 g/mol. The molecular formula is C16H22N2O. The fourth-order valence-corrected chi connectivity index (χ4v) is 3.42. The number of hydrogen-bond acceptors (Lipinski definition) is 2. The lowest BCUT2D eigenvalue weighted by Gasteiger charge is -2.22. The molecule has 0 bridgehead atoms. The SMILES string of the molecule is CCOc1ccc2c(c1)c1c(n2C)CCCC1CN. The Bertz CT molecular complexity index is 600. The Kier molecular flexibility index (Phi) is 3.23. The Labute approximate surface area is 114 Å². The van der Waals surface area contributed by atoms with Gasteiger partial charge in [0.1, 0.15) is 5.75 Å². The molecular weight excluding hydrogens is 236 g/mol. The van der Waals surface area contributed by atoms with Gasteiger partial charge in [-0.3, -0.25) is 0 Å². The zero-order chi connectivity index (χ0) is 13.4. The predicted octanol–water partition coefficient (Wildman–Crippen LogP) is 2.96. The van der Waals surface area contributed by atoms with Gasteiger partial charge >= 0.3 is 0 Å². The van der Waals surface area contributed by atoms with Gasteiger partial charge in [0, 0.05) is 23.6 Å². The Morgan fingerprint density at radius 3 is 3.00 bits per heavy atom. The molecule has 2 N–H and O–H groups in total. The minimum absolute atomic E-state index is 0.504. The highest BCUT2D eigenvalue weighted by atomic mass is 16.5. The van der Waals surface area contributed by atoms with E-state index >= 15 is 0 Å². The topological polar surface area (TPSA) is 40.2 Å². The largest absolute Gasteiger partial charge is 0.494 e. The number of ether oxygens (including phenoxy) is 1. The van der Waals surface area contributed by atoms with Crippen molar-refractivity contribution in [1.82, 2.24) is 4.57 Å². The van der Waals surface area contributed by atoms with E-state index in [4.69, 9.17) is 10.5 Å². The highest BCUT2D eigenvalue weighted by Crippen LogP contribution is 2.39. The molecule has 1 unspecified atom stereocenters. The van der Waals surface area contributed by atoms with Crippen LogP contribution in [0, 0.1) is 0 Å². The molecule has 0 radical (unpaired) electrons. The van der Waals surface area contributed by atoms with Crippen molar-refractivity contribution in [1.29, 1.82) is 0 Å². The van der Waals surface area contributed by atoms with Crippen LogP contribution in [0.25, 0.3) is 10.9 Å². The summed E-state index contributed by atoms with van der Waals surface area (Å²) in [6.45, 7) is 3.47. The zero-order valence-electron chi connectivity index (χ0n) is 11.8. The molecule has 0 fully saturated rings. The van der Waals surface area contributed by atoms with Gasteiger partial charge in [0.25, 0.3) is 0 Å². The van der Waals surface area contributed by atoms with E-state index in [1.54, 1.807) is 0 Å². The Morgan fingerprint density at radius 2 is 2.26 bits per heavy atom. The standard InChI is InChI=1S/C16H22N2O/c1-3-19-12-7-8-14-13(9-12)16-11(10-17)5-4-6-15(16)18(14)2/h7-9,11H,3-6,10,17H2,1-2H3. The van der Waals surface area contributed by atoms with Gasteiger partial charge in [-0.05, 0) is 62.4 Å². The van der Waals surface area contributed by atoms with Crippen LogP contribution in [0.5, 0.6) is 5.75 Å². The molecule has 1 aromatic carbocycles. The van der Waals surface area contributed by atoms with Crippen LogP contribution in [0.2, 0.25) is 0 Å². The van der Waals surface area contributed by atoms with Gasteiger partial charge < -0.3 is 15.0 Å². The number of aromatic nitrogens is 1. The summed E-state index contributed by atoms with van der Waals surface area (Å²) in [6.07, 6.45) is 3.62. The molecule has 3 rings (SSSR count). The molecule has 0 amide bonds. The molecule has 102 valence electrons. The molecule has 2 aromatic rings. The van der Waals surface area contributed by atoms with Gasteiger partial charge in [-0.2, -0.15) is 0 Å². The Morgan fingerprint density at radius 1 is 1.42 bits per heavy atom. The number of hydrogen-bond donors (Lipinski definition) is 1. The van der Waals surface area contributed by atoms with Crippen LogP contribution in [0.4, 0.5) is 0 Å². The van der Waals surface area contributed by atoms with Crippen LogP contribution >= 0.6 is 0 Å². The number of aryl methyl sites for hydroxylation is 1. The highest BCUT2D eigenvalue weighted by Gasteiger charge is 2.25. The summed E-state index contributed by atoms with van der Waals surface area (Å²) in [5.41, 5.74) is 10.2. The van der Waals surface area contributed by atoms with E-state index in [0.717, 1.165) is 12.3 Å². The summed E-state index contributed by atoms with van der Waals surface area (Å²) >= 11 is 0. The van der Waals surface area contributed by atoms with Gasteiger partial charge in [0.15, 0.2) is 0 Å². The van der Waals surface area contributed by atoms with E-state index < -0.39 is 0 Å². The maximum Gasteiger partial charge on any atom is 0.120 e. The second-order valence-corrected chi connectivity index (χ2v) is 5.36. The van der Waals surface area contributed by atoms with Gasteiger partial charge in [0.05, 0.1) is 6.61 Å². The third-order valence-electron chi connectivity index (χ3n) is 4.31. The van der Waals surface area contributed by atoms with Crippen LogP contribution in [-0.2, 0) is 13.5 Å². The summed E-state index contributed by atoms with van der Waals surface area (Å²) in [7, 11) is 2.17. The molecule has 0 aliphatic heterocycles. The van der Waals surface area contributed by atoms with Gasteiger partial charge in [-0.15, -0.1) is 0 Å². The van der Waals surface area contributed by atoms with E-state index in [1.165, 1.54) is 41.4 Å². The third-order valence-corrected chi connectivity index (χ3v) is 4.31. The maximum atomic E-state index is 5.97. The Balaban J connectivity index is 2.22. The number of benzene rings is 1. The summed E-state index contributed by atoms with van der Waals surface area (Å²) in [6, 6.07) is 6.42. The van der Waals surface area contributed by atoms with Crippen LogP contribution in [0.1, 0.15) is 36.9 Å². The summed E-state index contributed by atoms with van der Waals surface area (Å²) in [5, 5.41) is 1.33. The van der Waals surface area contributed by atoms with E-state index in [-0.39, 0.29) is 0 Å². The Hall–Kier alpha value is -1.48. The number of fused-ring (bicyclic) bond motifs is 3. The van der Waals surface area contributed by atoms with Crippen molar-refractivity contribution in [2.75, 3.05) is 13.2 Å². The summed E-state index contributed by atoms with van der Waals surface area (Å²) < 4.78 is 7.98. The number of nitrogens with two attached hydrogens (primary N) is 1. The van der Waals surface area contributed by atoms with Crippen molar-refractivity contribution >= 4 is 10.9 Å². The van der Waals surface area contributed by atoms with Crippen molar-refractivity contribution in [3.63, 3.8) is 0 Å². The van der Waals surface area contributed by atoms with Crippen LogP contribution in [0.15, 0.2) is 18.2 Å². The minimum Gasteiger partial charge on any atom is -0.494 e. The average molecular weight is 258 g/mol. The maximum absolute atomic E-state index is 5.97. The van der Waals surface area contributed by atoms with Crippen LogP contribution < -0.4 is 10.5 Å². The first kappa shape index (κ1) is 12.5. The summed E-state index contributed by atoms with van der Waals surface area (Å²) in [4.78, 5) is 0. The van der Waals surface area contributed by atoms with Crippen molar-refractivity contribution in [2.24, 2.45) is 12.8 Å². The van der Waals surface area contributed by atoms with Crippen molar-refractivity contribution in [2.45, 2.75) is 32.1 Å². The second kappa shape index (κ2) is 4.89. The lowest BCUT2D eigenvalue weighted by molar-refractivity contribution is 0.340. The number of rotatable bonds is 3. The molecule has 0 saturated heterocycles. The first-order valence-corrected chi connectivity index (χ1v) is 7.20. The normalized spacial score (nSPS) is 18.6. The molecule has 3 heteroatoms. The lowest BCUT2D eigenvalue weighted by Crippen LogP contribution is -2.18. The fourth-order valence-electron chi connectivity index (χ4n) is 3.42. The molecule has 1 atom stereocenters. The lowest BCUT2D eigenvalue weighted by atomic mass is 9.85. The van der Waals surface area contributed by atoms with Crippen LogP contribution in [0.3, 0.4) is 0 Å². The van der Waals surface area contributed by atoms with Gasteiger partial charge in [0.2, 0.25) is 0 Å². The van der Waals surface area contributed by atoms with E-state index in [2.05, 4.69) is 29.8 Å². The first-order valence-electron chi connectivity index (χ1n) is 7.20. The molecule has 0 saturated carbocycles. The smallest absolute Gasteiger partial charge is 0.120 e. The van der Waals surface area contributed by atoms with Crippen LogP contribution in [-0.4, -0.2) is 17.7 Å². The molecule has 0 spiro atoms. The predicted molar refractivity (Wildman–Crippen MR) is 78.8 cm³/mol. The molecule has 1 aromatic heterocycles. The molecule has 19 heavy (non-hydrogen) atoms. The minimum atomic E-state index is 0.504. The molecule has 1 aliphatic rings. The molecule has 1 heterocycles. The van der Waals surface area contributed by atoms with E-state index in [1.807, 2.05) is 6.92 Å². The quantitative estimate of drug-likeness (QED) is 0.919. The summed E-state index contributed by atoms with van der Waals surface area (Å²) in [5.74, 6) is 1.47. The van der Waals surface area contributed by atoms with Crippen molar-refractivity contribution < 1.29 is 4.74 Å². The van der Waals surface area contributed by atoms with Gasteiger partial charge in [-0.25, -0.2) is 0 Å². The molecule has 1 aliphatic carbocycles. The molecule has 3 nitrogen and oxygen atoms in total. The zero-order valence-corrected chi connectivity index (χ0v) is 11.8. The number of nitrogens with zero attached hydrogens (tertiary/aromatic N) is 1. The van der Waals surface area contributed by atoms with Crippen molar-refractivity contribution in [3.8, 4) is 5.75 Å². The van der Waals surface area contributed by atoms with E-state index in [9.17, 15) is 0 Å². The third kappa shape index (κ3) is 1.93. The van der Waals surface area contributed by atoms with E-state index in [0.29, 0.717) is 12.5 Å². The average Bonchev–Trinajstić information content (AvgIpc) is 2.73. The highest BCUT2D eigenvalue weighted by molar-refractivity contribution is 5.87. The fraction of sp³-hybridized carbons (Fsp3) is 0.500. The first-order chi connectivity index (χ1) is 9.26.